The Labute approximate surface area is 181 Å². The number of aromatic nitrogens is 2. The van der Waals surface area contributed by atoms with Gasteiger partial charge in [-0.1, -0.05) is 11.8 Å². The van der Waals surface area contributed by atoms with Gasteiger partial charge in [0, 0.05) is 32.3 Å². The molecule has 0 aliphatic carbocycles. The molecule has 0 saturated heterocycles. The lowest BCUT2D eigenvalue weighted by Gasteiger charge is -2.16. The van der Waals surface area contributed by atoms with Crippen LogP contribution < -0.4 is 9.47 Å². The first-order valence-electron chi connectivity index (χ1n) is 9.59. The quantitative estimate of drug-likeness (QED) is 0.527. The summed E-state index contributed by atoms with van der Waals surface area (Å²) in [7, 11) is 8.82. The predicted molar refractivity (Wildman–Crippen MR) is 121 cm³/mol. The van der Waals surface area contributed by atoms with E-state index in [0.29, 0.717) is 0 Å². The molecule has 1 heterocycles. The maximum Gasteiger partial charge on any atom is 0.235 e. The van der Waals surface area contributed by atoms with E-state index < -0.39 is 0 Å². The van der Waals surface area contributed by atoms with Gasteiger partial charge in [0.1, 0.15) is 11.5 Å². The summed E-state index contributed by atoms with van der Waals surface area (Å²) in [5.41, 5.74) is 3.85. The van der Waals surface area contributed by atoms with Crippen molar-refractivity contribution in [3.05, 3.63) is 48.5 Å². The van der Waals surface area contributed by atoms with Crippen molar-refractivity contribution in [3.8, 4) is 34.0 Å². The highest BCUT2D eigenvalue weighted by Gasteiger charge is 2.23. The standard InChI is InChI=1S/C23H27N3O3S/c1-15(22(27)25(2)3)30-23-24-20(16-7-11-18(28-5)12-8-16)21(26(23)4)17-9-13-19(29-6)14-10-17/h7-15H,1-6H3. The minimum Gasteiger partial charge on any atom is -0.497 e. The Morgan fingerprint density at radius 1 is 0.967 bits per heavy atom. The molecule has 7 heteroatoms. The number of methoxy groups -OCH3 is 2. The van der Waals surface area contributed by atoms with Gasteiger partial charge in [-0.05, 0) is 55.5 Å². The molecule has 0 aliphatic heterocycles. The lowest BCUT2D eigenvalue weighted by molar-refractivity contribution is -0.127. The zero-order chi connectivity index (χ0) is 21.8. The second-order valence-electron chi connectivity index (χ2n) is 7.10. The number of nitrogens with zero attached hydrogens (tertiary/aromatic N) is 3. The summed E-state index contributed by atoms with van der Waals surface area (Å²) < 4.78 is 12.6. The van der Waals surface area contributed by atoms with E-state index in [1.165, 1.54) is 11.8 Å². The molecule has 1 amide bonds. The zero-order valence-corrected chi connectivity index (χ0v) is 19.0. The first-order valence-corrected chi connectivity index (χ1v) is 10.5. The molecular weight excluding hydrogens is 398 g/mol. The normalized spacial score (nSPS) is 11.8. The van der Waals surface area contributed by atoms with Crippen molar-refractivity contribution in [3.63, 3.8) is 0 Å². The summed E-state index contributed by atoms with van der Waals surface area (Å²) in [5, 5.41) is 0.544. The van der Waals surface area contributed by atoms with Gasteiger partial charge in [-0.3, -0.25) is 4.79 Å². The number of carbonyl (C=O) groups is 1. The Kier molecular flexibility index (Phi) is 6.72. The van der Waals surface area contributed by atoms with Crippen molar-refractivity contribution in [1.29, 1.82) is 0 Å². The van der Waals surface area contributed by atoms with Gasteiger partial charge in [0.2, 0.25) is 5.91 Å². The molecule has 0 aliphatic rings. The van der Waals surface area contributed by atoms with Gasteiger partial charge in [-0.2, -0.15) is 0 Å². The number of benzene rings is 2. The van der Waals surface area contributed by atoms with Gasteiger partial charge in [0.05, 0.1) is 30.9 Å². The second kappa shape index (κ2) is 9.26. The summed E-state index contributed by atoms with van der Waals surface area (Å²) in [5.74, 6) is 1.65. The average Bonchev–Trinajstić information content (AvgIpc) is 3.09. The average molecular weight is 426 g/mol. The van der Waals surface area contributed by atoms with E-state index in [0.717, 1.165) is 39.2 Å². The van der Waals surface area contributed by atoms with Crippen LogP contribution in [-0.4, -0.2) is 53.9 Å². The predicted octanol–water partition coefficient (Wildman–Crippen LogP) is 4.34. The summed E-state index contributed by atoms with van der Waals surface area (Å²) in [4.78, 5) is 18.9. The number of ether oxygens (including phenoxy) is 2. The van der Waals surface area contributed by atoms with E-state index in [1.54, 1.807) is 33.2 Å². The van der Waals surface area contributed by atoms with E-state index in [1.807, 2.05) is 67.1 Å². The third-order valence-corrected chi connectivity index (χ3v) is 5.98. The molecule has 1 aromatic heterocycles. The highest BCUT2D eigenvalue weighted by Crippen LogP contribution is 2.37. The fourth-order valence-electron chi connectivity index (χ4n) is 3.19. The SMILES string of the molecule is COc1ccc(-c2nc(SC(C)C(=O)N(C)C)n(C)c2-c2ccc(OC)cc2)cc1. The van der Waals surface area contributed by atoms with E-state index in [4.69, 9.17) is 14.5 Å². The third kappa shape index (κ3) is 4.46. The smallest absolute Gasteiger partial charge is 0.235 e. The molecule has 30 heavy (non-hydrogen) atoms. The molecule has 2 aromatic carbocycles. The van der Waals surface area contributed by atoms with E-state index in [2.05, 4.69) is 0 Å². The molecule has 1 unspecified atom stereocenters. The van der Waals surface area contributed by atoms with Crippen molar-refractivity contribution < 1.29 is 14.3 Å². The fourth-order valence-corrected chi connectivity index (χ4v) is 4.21. The molecule has 3 aromatic rings. The summed E-state index contributed by atoms with van der Waals surface area (Å²) in [6, 6.07) is 15.8. The lowest BCUT2D eigenvalue weighted by Crippen LogP contribution is -2.29. The number of rotatable bonds is 7. The molecule has 3 rings (SSSR count). The minimum atomic E-state index is -0.242. The molecule has 158 valence electrons. The number of carbonyl (C=O) groups excluding carboxylic acids is 1. The molecule has 0 fully saturated rings. The number of imidazole rings is 1. The van der Waals surface area contributed by atoms with Crippen LogP contribution in [-0.2, 0) is 11.8 Å². The molecule has 6 nitrogen and oxygen atoms in total. The second-order valence-corrected chi connectivity index (χ2v) is 8.41. The maximum atomic E-state index is 12.4. The molecule has 0 N–H and O–H groups in total. The highest BCUT2D eigenvalue weighted by molar-refractivity contribution is 8.00. The largest absolute Gasteiger partial charge is 0.497 e. The van der Waals surface area contributed by atoms with Gasteiger partial charge in [0.15, 0.2) is 5.16 Å². The van der Waals surface area contributed by atoms with Crippen molar-refractivity contribution in [1.82, 2.24) is 14.5 Å². The molecule has 0 radical (unpaired) electrons. The van der Waals surface area contributed by atoms with Crippen LogP contribution in [0.15, 0.2) is 53.7 Å². The van der Waals surface area contributed by atoms with Crippen LogP contribution in [0.5, 0.6) is 11.5 Å². The van der Waals surface area contributed by atoms with E-state index >= 15 is 0 Å². The first-order chi connectivity index (χ1) is 14.3. The number of hydrogen-bond acceptors (Lipinski definition) is 5. The van der Waals surface area contributed by atoms with Crippen molar-refractivity contribution in [2.24, 2.45) is 7.05 Å². The summed E-state index contributed by atoms with van der Waals surface area (Å²) in [6.45, 7) is 1.90. The zero-order valence-electron chi connectivity index (χ0n) is 18.2. The van der Waals surface area contributed by atoms with Gasteiger partial charge in [0.25, 0.3) is 0 Å². The van der Waals surface area contributed by atoms with Gasteiger partial charge in [-0.15, -0.1) is 0 Å². The summed E-state index contributed by atoms with van der Waals surface area (Å²) in [6.07, 6.45) is 0. The topological polar surface area (TPSA) is 56.6 Å². The van der Waals surface area contributed by atoms with Crippen LogP contribution in [0.4, 0.5) is 0 Å². The van der Waals surface area contributed by atoms with Crippen LogP contribution in [0, 0.1) is 0 Å². The number of thioether (sulfide) groups is 1. The number of amides is 1. The summed E-state index contributed by atoms with van der Waals surface area (Å²) >= 11 is 1.46. The molecule has 0 saturated carbocycles. The van der Waals surface area contributed by atoms with E-state index in [9.17, 15) is 4.79 Å². The van der Waals surface area contributed by atoms with Gasteiger partial charge >= 0.3 is 0 Å². The molecule has 0 spiro atoms. The Hall–Kier alpha value is -2.93. The van der Waals surface area contributed by atoms with Crippen LogP contribution in [0.1, 0.15) is 6.92 Å². The van der Waals surface area contributed by atoms with Gasteiger partial charge in [-0.25, -0.2) is 4.98 Å². The third-order valence-electron chi connectivity index (χ3n) is 4.85. The van der Waals surface area contributed by atoms with Crippen molar-refractivity contribution in [2.45, 2.75) is 17.3 Å². The van der Waals surface area contributed by atoms with Crippen LogP contribution >= 0.6 is 11.8 Å². The monoisotopic (exact) mass is 425 g/mol. The maximum absolute atomic E-state index is 12.4. The van der Waals surface area contributed by atoms with Crippen LogP contribution in [0.3, 0.4) is 0 Å². The minimum absolute atomic E-state index is 0.0556. The Bertz CT molecular complexity index is 1010. The Morgan fingerprint density at radius 3 is 1.93 bits per heavy atom. The van der Waals surface area contributed by atoms with Crippen LogP contribution in [0.25, 0.3) is 22.5 Å². The first kappa shape index (κ1) is 21.8. The molecule has 1 atom stereocenters. The van der Waals surface area contributed by atoms with E-state index in [-0.39, 0.29) is 11.2 Å². The van der Waals surface area contributed by atoms with Crippen LogP contribution in [0.2, 0.25) is 0 Å². The Balaban J connectivity index is 2.09. The van der Waals surface area contributed by atoms with Crippen molar-refractivity contribution >= 4 is 17.7 Å². The molecular formula is C23H27N3O3S. The van der Waals surface area contributed by atoms with Crippen molar-refractivity contribution in [2.75, 3.05) is 28.3 Å². The number of hydrogen-bond donors (Lipinski definition) is 0. The Morgan fingerprint density at radius 2 is 1.47 bits per heavy atom. The molecule has 0 bridgehead atoms. The lowest BCUT2D eigenvalue weighted by atomic mass is 10.0. The fraction of sp³-hybridized carbons (Fsp3) is 0.304. The highest BCUT2D eigenvalue weighted by atomic mass is 32.2. The van der Waals surface area contributed by atoms with Gasteiger partial charge < -0.3 is 18.9 Å².